The first-order valence-electron chi connectivity index (χ1n) is 37.6. The van der Waals surface area contributed by atoms with Gasteiger partial charge in [0.2, 0.25) is 0 Å². The van der Waals surface area contributed by atoms with Crippen LogP contribution in [0.1, 0.15) is 375 Å². The van der Waals surface area contributed by atoms with Crippen molar-refractivity contribution < 1.29 is 80.2 Å². The van der Waals surface area contributed by atoms with Gasteiger partial charge in [-0.25, -0.2) is 9.13 Å². The topological polar surface area (TPSA) is 237 Å². The molecule has 0 aromatic rings. The van der Waals surface area contributed by atoms with Gasteiger partial charge >= 0.3 is 39.5 Å². The van der Waals surface area contributed by atoms with Gasteiger partial charge in [0.25, 0.3) is 0 Å². The largest absolute Gasteiger partial charge is 0.472 e. The average molecular weight is 1340 g/mol. The molecule has 3 N–H and O–H groups in total. The Labute approximate surface area is 556 Å². The van der Waals surface area contributed by atoms with Gasteiger partial charge in [0.1, 0.15) is 19.3 Å². The number of esters is 4. The molecule has 0 aromatic heterocycles. The summed E-state index contributed by atoms with van der Waals surface area (Å²) in [7, 11) is -9.89. The molecule has 0 saturated heterocycles. The van der Waals surface area contributed by atoms with Crippen LogP contribution in [-0.4, -0.2) is 96.7 Å². The Hall–Kier alpha value is -1.94. The predicted octanol–water partition coefficient (Wildman–Crippen LogP) is 20.9. The minimum atomic E-state index is -4.95. The van der Waals surface area contributed by atoms with Gasteiger partial charge in [-0.15, -0.1) is 0 Å². The molecular weight excluding hydrogens is 1200 g/mol. The molecule has 0 aliphatic heterocycles. The van der Waals surface area contributed by atoms with Crippen LogP contribution < -0.4 is 0 Å². The normalized spacial score (nSPS) is 14.0. The Morgan fingerprint density at radius 1 is 0.297 bits per heavy atom. The summed E-state index contributed by atoms with van der Waals surface area (Å²) in [5.41, 5.74) is 0. The van der Waals surface area contributed by atoms with Crippen molar-refractivity contribution >= 4 is 39.5 Å². The van der Waals surface area contributed by atoms with E-state index in [1.165, 1.54) is 193 Å². The third-order valence-electron chi connectivity index (χ3n) is 16.8. The number of carbonyl (C=O) groups excluding carboxylic acids is 4. The fourth-order valence-corrected chi connectivity index (χ4v) is 12.6. The van der Waals surface area contributed by atoms with Gasteiger partial charge in [-0.2, -0.15) is 0 Å². The maximum atomic E-state index is 13.0. The second-order valence-electron chi connectivity index (χ2n) is 26.5. The van der Waals surface area contributed by atoms with Gasteiger partial charge in [0.15, 0.2) is 12.2 Å². The molecular formula is C72H140O17P2. The zero-order valence-electron chi connectivity index (χ0n) is 59.0. The van der Waals surface area contributed by atoms with E-state index in [1.807, 2.05) is 0 Å². The van der Waals surface area contributed by atoms with E-state index in [-0.39, 0.29) is 25.7 Å². The lowest BCUT2D eigenvalue weighted by atomic mass is 10.0. The standard InChI is InChI=1S/C72H140O17P2/c1-6-9-12-15-17-19-21-23-24-25-26-27-28-29-30-31-33-39-43-48-53-58-72(77)89-68(62-83-70(75)56-51-46-41-37-35-34-36-40-45-49-54-65(4)5)64-87-91(80,81)85-60-66(73)59-84-90(78,79)86-63-67(61-82-69(74)55-50-44-14-11-8-3)88-71(76)57-52-47-42-38-32-22-20-18-16-13-10-7-2/h65-68,73H,6-64H2,1-5H3,(H,78,79)(H,80,81)/t66-,67+,68+/m0/s1. The lowest BCUT2D eigenvalue weighted by Crippen LogP contribution is -2.30. The highest BCUT2D eigenvalue weighted by atomic mass is 31.2. The Morgan fingerprint density at radius 2 is 0.505 bits per heavy atom. The van der Waals surface area contributed by atoms with Crippen molar-refractivity contribution in [3.05, 3.63) is 0 Å². The van der Waals surface area contributed by atoms with Crippen molar-refractivity contribution in [3.8, 4) is 0 Å². The van der Waals surface area contributed by atoms with E-state index in [2.05, 4.69) is 34.6 Å². The molecule has 0 aromatic carbocycles. The minimum absolute atomic E-state index is 0.107. The third kappa shape index (κ3) is 66.5. The predicted molar refractivity (Wildman–Crippen MR) is 368 cm³/mol. The van der Waals surface area contributed by atoms with Crippen molar-refractivity contribution in [1.82, 2.24) is 0 Å². The van der Waals surface area contributed by atoms with Crippen LogP contribution >= 0.6 is 15.6 Å². The number of unbranched alkanes of at least 4 members (excludes halogenated alkanes) is 44. The first kappa shape index (κ1) is 89.1. The monoisotopic (exact) mass is 1340 g/mol. The van der Waals surface area contributed by atoms with Gasteiger partial charge in [0.05, 0.1) is 26.4 Å². The highest BCUT2D eigenvalue weighted by molar-refractivity contribution is 7.47. The van der Waals surface area contributed by atoms with E-state index >= 15 is 0 Å². The van der Waals surface area contributed by atoms with E-state index in [0.29, 0.717) is 25.7 Å². The van der Waals surface area contributed by atoms with E-state index in [9.17, 15) is 43.2 Å². The summed E-state index contributed by atoms with van der Waals surface area (Å²) in [6, 6.07) is 0. The van der Waals surface area contributed by atoms with Crippen molar-refractivity contribution in [3.63, 3.8) is 0 Å². The van der Waals surface area contributed by atoms with Crippen LogP contribution in [0, 0.1) is 5.92 Å². The van der Waals surface area contributed by atoms with Crippen molar-refractivity contribution in [1.29, 1.82) is 0 Å². The fraction of sp³-hybridized carbons (Fsp3) is 0.944. The molecule has 0 saturated carbocycles. The number of aliphatic hydroxyl groups excluding tert-OH is 1. The van der Waals surface area contributed by atoms with Crippen LogP contribution in [0.2, 0.25) is 0 Å². The van der Waals surface area contributed by atoms with Gasteiger partial charge in [-0.3, -0.25) is 37.3 Å². The molecule has 0 bridgehead atoms. The molecule has 0 fully saturated rings. The van der Waals surface area contributed by atoms with Crippen LogP contribution in [0.15, 0.2) is 0 Å². The Balaban J connectivity index is 5.11. The summed E-state index contributed by atoms with van der Waals surface area (Å²) in [5, 5.41) is 10.6. The summed E-state index contributed by atoms with van der Waals surface area (Å²) >= 11 is 0. The molecule has 17 nitrogen and oxygen atoms in total. The second-order valence-corrected chi connectivity index (χ2v) is 29.4. The minimum Gasteiger partial charge on any atom is -0.462 e. The van der Waals surface area contributed by atoms with Crippen LogP contribution in [0.5, 0.6) is 0 Å². The Bertz CT molecular complexity index is 1750. The maximum absolute atomic E-state index is 13.0. The fourth-order valence-electron chi connectivity index (χ4n) is 11.0. The number of ether oxygens (including phenoxy) is 4. The number of phosphoric acid groups is 2. The van der Waals surface area contributed by atoms with Gasteiger partial charge in [-0.05, 0) is 31.6 Å². The first-order valence-corrected chi connectivity index (χ1v) is 40.6. The molecule has 19 heteroatoms. The van der Waals surface area contributed by atoms with E-state index in [4.69, 9.17) is 37.0 Å². The molecule has 0 aliphatic rings. The number of carbonyl (C=O) groups is 4. The average Bonchev–Trinajstić information content (AvgIpc) is 3.66. The zero-order valence-corrected chi connectivity index (χ0v) is 60.8. The van der Waals surface area contributed by atoms with Crippen LogP contribution in [0.25, 0.3) is 0 Å². The van der Waals surface area contributed by atoms with Gasteiger partial charge in [0, 0.05) is 25.7 Å². The number of hydrogen-bond acceptors (Lipinski definition) is 15. The summed E-state index contributed by atoms with van der Waals surface area (Å²) in [6.45, 7) is 7.16. The lowest BCUT2D eigenvalue weighted by molar-refractivity contribution is -0.161. The van der Waals surface area contributed by atoms with Crippen LogP contribution in [0.3, 0.4) is 0 Å². The molecule has 0 amide bonds. The molecule has 540 valence electrons. The lowest BCUT2D eigenvalue weighted by Gasteiger charge is -2.21. The molecule has 5 atom stereocenters. The van der Waals surface area contributed by atoms with Crippen molar-refractivity contribution in [2.75, 3.05) is 39.6 Å². The molecule has 91 heavy (non-hydrogen) atoms. The molecule has 0 aliphatic carbocycles. The highest BCUT2D eigenvalue weighted by Gasteiger charge is 2.30. The molecule has 0 radical (unpaired) electrons. The molecule has 2 unspecified atom stereocenters. The highest BCUT2D eigenvalue weighted by Crippen LogP contribution is 2.45. The Kier molecular flexibility index (Phi) is 64.0. The summed E-state index contributed by atoms with van der Waals surface area (Å²) in [5.74, 6) is -1.37. The van der Waals surface area contributed by atoms with Crippen LogP contribution in [-0.2, 0) is 65.4 Å². The quantitative estimate of drug-likeness (QED) is 0.0222. The van der Waals surface area contributed by atoms with E-state index in [1.54, 1.807) is 0 Å². The number of aliphatic hydroxyl groups is 1. The molecule has 0 heterocycles. The maximum Gasteiger partial charge on any atom is 0.472 e. The Morgan fingerprint density at radius 3 is 0.747 bits per heavy atom. The summed E-state index contributed by atoms with van der Waals surface area (Å²) in [6.07, 6.45) is 53.2. The first-order chi connectivity index (χ1) is 44.0. The smallest absolute Gasteiger partial charge is 0.462 e. The van der Waals surface area contributed by atoms with Gasteiger partial charge in [-0.1, -0.05) is 324 Å². The van der Waals surface area contributed by atoms with Crippen molar-refractivity contribution in [2.45, 2.75) is 393 Å². The zero-order chi connectivity index (χ0) is 67.0. The molecule has 0 rings (SSSR count). The number of hydrogen-bond donors (Lipinski definition) is 3. The summed E-state index contributed by atoms with van der Waals surface area (Å²) < 4.78 is 68.1. The third-order valence-corrected chi connectivity index (χ3v) is 18.7. The second kappa shape index (κ2) is 65.4. The SMILES string of the molecule is CCCCCCCCCCCCCCCCCCCCCCCC(=O)O[C@H](COC(=O)CCCCCCCCCCCCC(C)C)COP(=O)(O)OC[C@@H](O)COP(=O)(O)OC[C@@H](COC(=O)CCCCCCC)OC(=O)CCCCCCCCCCCCCC. The van der Waals surface area contributed by atoms with E-state index < -0.39 is 97.5 Å². The van der Waals surface area contributed by atoms with Crippen LogP contribution in [0.4, 0.5) is 0 Å². The number of phosphoric ester groups is 2. The number of rotatable bonds is 72. The molecule has 0 spiro atoms. The van der Waals surface area contributed by atoms with Gasteiger partial charge < -0.3 is 33.8 Å². The van der Waals surface area contributed by atoms with E-state index in [0.717, 1.165) is 102 Å². The van der Waals surface area contributed by atoms with Crippen molar-refractivity contribution in [2.24, 2.45) is 5.92 Å². The summed E-state index contributed by atoms with van der Waals surface area (Å²) in [4.78, 5) is 72.3.